The van der Waals surface area contributed by atoms with E-state index in [1.165, 1.54) is 30.5 Å². The Morgan fingerprint density at radius 1 is 1.26 bits per heavy atom. The lowest BCUT2D eigenvalue weighted by molar-refractivity contribution is -0.153. The first-order valence-electron chi connectivity index (χ1n) is 7.57. The van der Waals surface area contributed by atoms with E-state index in [1.54, 1.807) is 29.4 Å². The Hall–Kier alpha value is -3.07. The van der Waals surface area contributed by atoms with Crippen molar-refractivity contribution in [1.29, 1.82) is 0 Å². The van der Waals surface area contributed by atoms with Crippen molar-refractivity contribution < 1.29 is 22.7 Å². The number of benzene rings is 1. The zero-order valence-corrected chi connectivity index (χ0v) is 14.3. The number of amides is 1. The number of pyridine rings is 1. The maximum absolute atomic E-state index is 12.4. The number of hydrogen-bond donors (Lipinski definition) is 1. The minimum atomic E-state index is -4.51. The number of carbonyl (C=O) groups is 1. The SMILES string of the molecule is O=C(Nc1cc(Cl)ccc1OCC(F)(F)F)c1ccc(-n2ccnc2)nc1. The number of nitrogens with zero attached hydrogens (tertiary/aromatic N) is 3. The summed E-state index contributed by atoms with van der Waals surface area (Å²) in [5.41, 5.74) is 0.232. The fourth-order valence-corrected chi connectivity index (χ4v) is 2.32. The predicted octanol–water partition coefficient (Wildman–Crippen LogP) is 4.11. The zero-order chi connectivity index (χ0) is 19.4. The second kappa shape index (κ2) is 7.67. The first-order valence-corrected chi connectivity index (χ1v) is 7.94. The first kappa shape index (κ1) is 18.7. The van der Waals surface area contributed by atoms with Crippen molar-refractivity contribution in [2.75, 3.05) is 11.9 Å². The summed E-state index contributed by atoms with van der Waals surface area (Å²) in [4.78, 5) is 20.4. The van der Waals surface area contributed by atoms with Crippen LogP contribution < -0.4 is 10.1 Å². The molecular weight excluding hydrogens is 385 g/mol. The molecule has 2 heterocycles. The predicted molar refractivity (Wildman–Crippen MR) is 92.3 cm³/mol. The topological polar surface area (TPSA) is 69.0 Å². The third kappa shape index (κ3) is 4.98. The lowest BCUT2D eigenvalue weighted by Crippen LogP contribution is -2.20. The van der Waals surface area contributed by atoms with Crippen LogP contribution in [0.5, 0.6) is 5.75 Å². The largest absolute Gasteiger partial charge is 0.482 e. The van der Waals surface area contributed by atoms with E-state index in [2.05, 4.69) is 15.3 Å². The van der Waals surface area contributed by atoms with Crippen molar-refractivity contribution in [3.63, 3.8) is 0 Å². The molecule has 0 saturated carbocycles. The smallest absolute Gasteiger partial charge is 0.422 e. The van der Waals surface area contributed by atoms with Gasteiger partial charge < -0.3 is 10.1 Å². The Balaban J connectivity index is 1.76. The Kier molecular flexibility index (Phi) is 5.31. The molecule has 3 rings (SSSR count). The van der Waals surface area contributed by atoms with Crippen LogP contribution in [-0.4, -0.2) is 33.2 Å². The molecule has 0 unspecified atom stereocenters. The summed E-state index contributed by atoms with van der Waals surface area (Å²) in [5, 5.41) is 2.72. The van der Waals surface area contributed by atoms with Gasteiger partial charge in [0.1, 0.15) is 17.9 Å². The van der Waals surface area contributed by atoms with Crippen molar-refractivity contribution in [3.8, 4) is 11.6 Å². The maximum atomic E-state index is 12.4. The standard InChI is InChI=1S/C17H12ClF3N4O2/c18-12-2-3-14(27-9-17(19,20)21)13(7-12)24-16(26)11-1-4-15(23-8-11)25-6-5-22-10-25/h1-8,10H,9H2,(H,24,26). The minimum Gasteiger partial charge on any atom is -0.482 e. The van der Waals surface area contributed by atoms with E-state index in [9.17, 15) is 18.0 Å². The molecule has 2 aromatic heterocycles. The van der Waals surface area contributed by atoms with Crippen LogP contribution in [-0.2, 0) is 0 Å². The van der Waals surface area contributed by atoms with E-state index < -0.39 is 18.7 Å². The van der Waals surface area contributed by atoms with Crippen LogP contribution in [0.2, 0.25) is 5.02 Å². The average Bonchev–Trinajstić information content (AvgIpc) is 3.15. The number of nitrogens with one attached hydrogen (secondary N) is 1. The van der Waals surface area contributed by atoms with E-state index in [0.29, 0.717) is 5.82 Å². The van der Waals surface area contributed by atoms with Crippen LogP contribution in [0.1, 0.15) is 10.4 Å². The highest BCUT2D eigenvalue weighted by Gasteiger charge is 2.29. The molecule has 10 heteroatoms. The van der Waals surface area contributed by atoms with Crippen LogP contribution in [0.15, 0.2) is 55.2 Å². The number of alkyl halides is 3. The monoisotopic (exact) mass is 396 g/mol. The number of aromatic nitrogens is 3. The molecule has 0 fully saturated rings. The number of hydrogen-bond acceptors (Lipinski definition) is 4. The van der Waals surface area contributed by atoms with Gasteiger partial charge in [-0.2, -0.15) is 13.2 Å². The summed E-state index contributed by atoms with van der Waals surface area (Å²) in [6, 6.07) is 7.06. The van der Waals surface area contributed by atoms with Crippen LogP contribution in [0, 0.1) is 0 Å². The molecule has 0 atom stereocenters. The Morgan fingerprint density at radius 3 is 2.70 bits per heavy atom. The Bertz CT molecular complexity index is 928. The highest BCUT2D eigenvalue weighted by molar-refractivity contribution is 6.31. The zero-order valence-electron chi connectivity index (χ0n) is 13.6. The van der Waals surface area contributed by atoms with Crippen LogP contribution in [0.25, 0.3) is 5.82 Å². The third-order valence-corrected chi connectivity index (χ3v) is 3.60. The van der Waals surface area contributed by atoms with Gasteiger partial charge in [0.15, 0.2) is 6.61 Å². The van der Waals surface area contributed by atoms with Gasteiger partial charge in [-0.15, -0.1) is 0 Å². The van der Waals surface area contributed by atoms with Crippen LogP contribution in [0.4, 0.5) is 18.9 Å². The number of halogens is 4. The molecule has 6 nitrogen and oxygen atoms in total. The summed E-state index contributed by atoms with van der Waals surface area (Å²) in [6.07, 6.45) is 1.67. The number of rotatable bonds is 5. The molecule has 0 radical (unpaired) electrons. The number of imidazole rings is 1. The molecule has 0 aliphatic carbocycles. The molecule has 140 valence electrons. The fourth-order valence-electron chi connectivity index (χ4n) is 2.15. The lowest BCUT2D eigenvalue weighted by Gasteiger charge is -2.14. The van der Waals surface area contributed by atoms with Crippen molar-refractivity contribution in [3.05, 3.63) is 65.8 Å². The molecular formula is C17H12ClF3N4O2. The highest BCUT2D eigenvalue weighted by Crippen LogP contribution is 2.30. The molecule has 0 aliphatic heterocycles. The summed E-state index contributed by atoms with van der Waals surface area (Å²) < 4.78 is 43.5. The normalized spacial score (nSPS) is 11.3. The molecule has 1 N–H and O–H groups in total. The lowest BCUT2D eigenvalue weighted by atomic mass is 10.2. The van der Waals surface area contributed by atoms with Gasteiger partial charge in [-0.1, -0.05) is 11.6 Å². The summed E-state index contributed by atoms with van der Waals surface area (Å²) in [7, 11) is 0. The molecule has 3 aromatic rings. The fraction of sp³-hybridized carbons (Fsp3) is 0.118. The van der Waals surface area contributed by atoms with Gasteiger partial charge in [0.2, 0.25) is 0 Å². The molecule has 0 bridgehead atoms. The van der Waals surface area contributed by atoms with Gasteiger partial charge in [-0.3, -0.25) is 9.36 Å². The number of ether oxygens (including phenoxy) is 1. The van der Waals surface area contributed by atoms with Gasteiger partial charge in [0, 0.05) is 23.6 Å². The summed E-state index contributed by atoms with van der Waals surface area (Å²) in [5.74, 6) is -0.159. The van der Waals surface area contributed by atoms with Gasteiger partial charge in [-0.05, 0) is 30.3 Å². The Morgan fingerprint density at radius 2 is 2.07 bits per heavy atom. The van der Waals surface area contributed by atoms with Crippen molar-refractivity contribution in [2.24, 2.45) is 0 Å². The number of carbonyl (C=O) groups excluding carboxylic acids is 1. The molecule has 0 aliphatic rings. The van der Waals surface area contributed by atoms with Crippen molar-refractivity contribution >= 4 is 23.2 Å². The molecule has 1 amide bonds. The summed E-state index contributed by atoms with van der Waals surface area (Å²) in [6.45, 7) is -1.49. The quantitative estimate of drug-likeness (QED) is 0.704. The van der Waals surface area contributed by atoms with E-state index in [0.717, 1.165) is 0 Å². The molecule has 0 spiro atoms. The van der Waals surface area contributed by atoms with E-state index >= 15 is 0 Å². The summed E-state index contributed by atoms with van der Waals surface area (Å²) >= 11 is 5.86. The van der Waals surface area contributed by atoms with Gasteiger partial charge >= 0.3 is 6.18 Å². The van der Waals surface area contributed by atoms with Crippen LogP contribution in [0.3, 0.4) is 0 Å². The van der Waals surface area contributed by atoms with Crippen LogP contribution >= 0.6 is 11.6 Å². The van der Waals surface area contributed by atoms with Gasteiger partial charge in [-0.25, -0.2) is 9.97 Å². The highest BCUT2D eigenvalue weighted by atomic mass is 35.5. The minimum absolute atomic E-state index is 0.0236. The second-order valence-electron chi connectivity index (χ2n) is 5.37. The van der Waals surface area contributed by atoms with E-state index in [1.807, 2.05) is 0 Å². The van der Waals surface area contributed by atoms with E-state index in [4.69, 9.17) is 16.3 Å². The number of anilines is 1. The van der Waals surface area contributed by atoms with Crippen molar-refractivity contribution in [1.82, 2.24) is 14.5 Å². The molecule has 1 aromatic carbocycles. The second-order valence-corrected chi connectivity index (χ2v) is 5.81. The Labute approximate surface area is 156 Å². The first-order chi connectivity index (χ1) is 12.8. The maximum Gasteiger partial charge on any atom is 0.422 e. The molecule has 0 saturated heterocycles. The van der Waals surface area contributed by atoms with Gasteiger partial charge in [0.25, 0.3) is 5.91 Å². The third-order valence-electron chi connectivity index (χ3n) is 3.36. The van der Waals surface area contributed by atoms with E-state index in [-0.39, 0.29) is 22.0 Å². The van der Waals surface area contributed by atoms with Gasteiger partial charge in [0.05, 0.1) is 11.3 Å². The van der Waals surface area contributed by atoms with Crippen molar-refractivity contribution in [2.45, 2.75) is 6.18 Å². The average molecular weight is 397 g/mol. The molecule has 27 heavy (non-hydrogen) atoms.